The fourth-order valence-corrected chi connectivity index (χ4v) is 5.72. The summed E-state index contributed by atoms with van der Waals surface area (Å²) in [6, 6.07) is 12.7. The molecule has 3 amide bonds. The van der Waals surface area contributed by atoms with Crippen LogP contribution in [0, 0.1) is 11.8 Å². The SMILES string of the molecule is COc1cc(CN2CCC([C@@]3(Cc4ccccc4Cl)NC(=O)N(CC4CC4)C3=O)CC2)ccc1O. The largest absolute Gasteiger partial charge is 0.504 e. The minimum atomic E-state index is -0.967. The van der Waals surface area contributed by atoms with E-state index in [-0.39, 0.29) is 23.6 Å². The van der Waals surface area contributed by atoms with E-state index in [0.717, 1.165) is 56.4 Å². The smallest absolute Gasteiger partial charge is 0.325 e. The summed E-state index contributed by atoms with van der Waals surface area (Å²) in [6.07, 6.45) is 4.15. The quantitative estimate of drug-likeness (QED) is 0.534. The number of urea groups is 1. The first-order valence-electron chi connectivity index (χ1n) is 12.4. The number of phenolic OH excluding ortho intramolecular Hbond substituents is 1. The van der Waals surface area contributed by atoms with Gasteiger partial charge in [0.25, 0.3) is 5.91 Å². The highest BCUT2D eigenvalue weighted by atomic mass is 35.5. The van der Waals surface area contributed by atoms with E-state index in [0.29, 0.717) is 29.7 Å². The van der Waals surface area contributed by atoms with E-state index >= 15 is 0 Å². The zero-order valence-corrected chi connectivity index (χ0v) is 20.8. The number of aromatic hydroxyl groups is 1. The Morgan fingerprint density at radius 1 is 1.11 bits per heavy atom. The van der Waals surface area contributed by atoms with Crippen LogP contribution in [0.2, 0.25) is 5.02 Å². The molecule has 186 valence electrons. The van der Waals surface area contributed by atoms with Gasteiger partial charge in [-0.3, -0.25) is 14.6 Å². The molecule has 2 aliphatic heterocycles. The Balaban J connectivity index is 1.34. The maximum absolute atomic E-state index is 13.8. The standard InChI is InChI=1S/C27H32ClN3O4/c1-35-24-14-19(8-9-23(24)32)16-30-12-10-21(11-13-30)27(15-20-4-2-3-5-22(20)28)25(33)31(26(34)29-27)17-18-6-7-18/h2-5,8-9,14,18,21,32H,6-7,10-13,15-17H2,1H3,(H,29,34)/t27-/m1/s1. The molecule has 2 saturated heterocycles. The molecule has 35 heavy (non-hydrogen) atoms. The van der Waals surface area contributed by atoms with Crippen molar-refractivity contribution in [2.45, 2.75) is 44.2 Å². The van der Waals surface area contributed by atoms with Crippen LogP contribution in [0.25, 0.3) is 0 Å². The number of nitrogens with zero attached hydrogens (tertiary/aromatic N) is 2. The highest BCUT2D eigenvalue weighted by molar-refractivity contribution is 6.31. The van der Waals surface area contributed by atoms with Crippen molar-refractivity contribution in [2.75, 3.05) is 26.7 Å². The third-order valence-electron chi connectivity index (χ3n) is 7.70. The number of methoxy groups -OCH3 is 1. The predicted molar refractivity (Wildman–Crippen MR) is 134 cm³/mol. The molecule has 2 aromatic rings. The number of halogens is 1. The fraction of sp³-hybridized carbons (Fsp3) is 0.481. The minimum absolute atomic E-state index is 0.0185. The van der Waals surface area contributed by atoms with Crippen LogP contribution in [-0.4, -0.2) is 59.1 Å². The summed E-state index contributed by atoms with van der Waals surface area (Å²) in [5, 5.41) is 13.6. The molecule has 0 unspecified atom stereocenters. The minimum Gasteiger partial charge on any atom is -0.504 e. The molecule has 1 atom stereocenters. The highest BCUT2D eigenvalue weighted by Gasteiger charge is 2.56. The number of imide groups is 1. The number of piperidine rings is 1. The maximum Gasteiger partial charge on any atom is 0.325 e. The zero-order valence-electron chi connectivity index (χ0n) is 20.0. The van der Waals surface area contributed by atoms with Gasteiger partial charge in [-0.05, 0) is 79.9 Å². The van der Waals surface area contributed by atoms with E-state index in [1.54, 1.807) is 13.2 Å². The summed E-state index contributed by atoms with van der Waals surface area (Å²) in [5.74, 6) is 0.944. The Kier molecular flexibility index (Phi) is 6.64. The molecule has 3 aliphatic rings. The Morgan fingerprint density at radius 2 is 1.86 bits per heavy atom. The van der Waals surface area contributed by atoms with Gasteiger partial charge in [0, 0.05) is 24.5 Å². The Hall–Kier alpha value is -2.77. The van der Waals surface area contributed by atoms with Gasteiger partial charge in [-0.15, -0.1) is 0 Å². The summed E-state index contributed by atoms with van der Waals surface area (Å²) in [6.45, 7) is 2.86. The number of carbonyl (C=O) groups is 2. The molecule has 0 bridgehead atoms. The average molecular weight is 498 g/mol. The first-order chi connectivity index (χ1) is 16.9. The summed E-state index contributed by atoms with van der Waals surface area (Å²) >= 11 is 6.49. The molecule has 2 aromatic carbocycles. The van der Waals surface area contributed by atoms with Crippen molar-refractivity contribution in [3.8, 4) is 11.5 Å². The van der Waals surface area contributed by atoms with Crippen molar-refractivity contribution in [1.29, 1.82) is 0 Å². The van der Waals surface area contributed by atoms with Gasteiger partial charge in [-0.2, -0.15) is 0 Å². The summed E-state index contributed by atoms with van der Waals surface area (Å²) in [7, 11) is 1.54. The van der Waals surface area contributed by atoms with Crippen molar-refractivity contribution < 1.29 is 19.4 Å². The van der Waals surface area contributed by atoms with E-state index in [1.165, 1.54) is 4.90 Å². The number of carbonyl (C=O) groups excluding carboxylic acids is 2. The Morgan fingerprint density at radius 3 is 2.54 bits per heavy atom. The van der Waals surface area contributed by atoms with Gasteiger partial charge in [-0.1, -0.05) is 35.9 Å². The lowest BCUT2D eigenvalue weighted by atomic mass is 9.73. The normalized spacial score (nSPS) is 23.5. The number of phenols is 1. The number of nitrogens with one attached hydrogen (secondary N) is 1. The first kappa shape index (κ1) is 23.9. The summed E-state index contributed by atoms with van der Waals surface area (Å²) in [5.41, 5.74) is 0.976. The number of likely N-dealkylation sites (tertiary alicyclic amines) is 1. The number of amides is 3. The third-order valence-corrected chi connectivity index (χ3v) is 8.07. The second-order valence-corrected chi connectivity index (χ2v) is 10.5. The van der Waals surface area contributed by atoms with Crippen LogP contribution < -0.4 is 10.1 Å². The molecular weight excluding hydrogens is 466 g/mol. The van der Waals surface area contributed by atoms with E-state index in [2.05, 4.69) is 10.2 Å². The average Bonchev–Trinajstić information content (AvgIpc) is 3.65. The molecule has 3 fully saturated rings. The molecular formula is C27H32ClN3O4. The lowest BCUT2D eigenvalue weighted by Crippen LogP contribution is -2.57. The second kappa shape index (κ2) is 9.70. The maximum atomic E-state index is 13.8. The molecule has 1 saturated carbocycles. The predicted octanol–water partition coefficient (Wildman–Crippen LogP) is 4.21. The van der Waals surface area contributed by atoms with Crippen LogP contribution in [0.5, 0.6) is 11.5 Å². The van der Waals surface area contributed by atoms with Crippen molar-refractivity contribution in [3.63, 3.8) is 0 Å². The molecule has 7 nitrogen and oxygen atoms in total. The van der Waals surface area contributed by atoms with Gasteiger partial charge in [0.05, 0.1) is 7.11 Å². The monoisotopic (exact) mass is 497 g/mol. The molecule has 0 radical (unpaired) electrons. The van der Waals surface area contributed by atoms with Crippen LogP contribution in [-0.2, 0) is 17.8 Å². The van der Waals surface area contributed by atoms with Crippen LogP contribution >= 0.6 is 11.6 Å². The first-order valence-corrected chi connectivity index (χ1v) is 12.7. The van der Waals surface area contributed by atoms with Crippen molar-refractivity contribution in [1.82, 2.24) is 15.1 Å². The Bertz CT molecular complexity index is 1110. The molecule has 5 rings (SSSR count). The topological polar surface area (TPSA) is 82.1 Å². The van der Waals surface area contributed by atoms with Crippen LogP contribution in [0.15, 0.2) is 42.5 Å². The number of benzene rings is 2. The number of hydrogen-bond acceptors (Lipinski definition) is 5. The lowest BCUT2D eigenvalue weighted by molar-refractivity contribution is -0.134. The van der Waals surface area contributed by atoms with Gasteiger partial charge in [-0.25, -0.2) is 4.79 Å². The lowest BCUT2D eigenvalue weighted by Gasteiger charge is -2.41. The van der Waals surface area contributed by atoms with Crippen molar-refractivity contribution in [3.05, 3.63) is 58.6 Å². The fourth-order valence-electron chi connectivity index (χ4n) is 5.51. The van der Waals surface area contributed by atoms with Gasteiger partial charge in [0.15, 0.2) is 11.5 Å². The summed E-state index contributed by atoms with van der Waals surface area (Å²) in [4.78, 5) is 30.6. The molecule has 8 heteroatoms. The van der Waals surface area contributed by atoms with E-state index in [9.17, 15) is 14.7 Å². The number of ether oxygens (including phenoxy) is 1. The Labute approximate surface area is 211 Å². The molecule has 2 heterocycles. The van der Waals surface area contributed by atoms with Gasteiger partial charge < -0.3 is 15.2 Å². The molecule has 2 N–H and O–H groups in total. The van der Waals surface area contributed by atoms with Crippen LogP contribution in [0.1, 0.15) is 36.8 Å². The molecule has 0 aromatic heterocycles. The third kappa shape index (κ3) is 4.84. The number of hydrogen-bond donors (Lipinski definition) is 2. The van der Waals surface area contributed by atoms with E-state index in [4.69, 9.17) is 16.3 Å². The van der Waals surface area contributed by atoms with Crippen molar-refractivity contribution >= 4 is 23.5 Å². The van der Waals surface area contributed by atoms with Gasteiger partial charge in [0.2, 0.25) is 0 Å². The zero-order chi connectivity index (χ0) is 24.6. The van der Waals surface area contributed by atoms with Crippen LogP contribution in [0.3, 0.4) is 0 Å². The molecule has 0 spiro atoms. The van der Waals surface area contributed by atoms with E-state index < -0.39 is 5.54 Å². The van der Waals surface area contributed by atoms with Gasteiger partial charge >= 0.3 is 6.03 Å². The van der Waals surface area contributed by atoms with Crippen LogP contribution in [0.4, 0.5) is 4.79 Å². The molecule has 1 aliphatic carbocycles. The number of rotatable bonds is 8. The van der Waals surface area contributed by atoms with Gasteiger partial charge in [0.1, 0.15) is 5.54 Å². The highest BCUT2D eigenvalue weighted by Crippen LogP contribution is 2.40. The van der Waals surface area contributed by atoms with E-state index in [1.807, 2.05) is 36.4 Å². The van der Waals surface area contributed by atoms with Crippen molar-refractivity contribution in [2.24, 2.45) is 11.8 Å². The second-order valence-electron chi connectivity index (χ2n) is 10.1. The summed E-state index contributed by atoms with van der Waals surface area (Å²) < 4.78 is 5.24.